The van der Waals surface area contributed by atoms with Gasteiger partial charge in [0.05, 0.1) is 6.54 Å². The molecule has 2 aromatic rings. The van der Waals surface area contributed by atoms with Gasteiger partial charge in [-0.05, 0) is 48.4 Å². The summed E-state index contributed by atoms with van der Waals surface area (Å²) < 4.78 is 0. The molecular formula is C19H19N3O2. The molecule has 0 unspecified atom stereocenters. The number of fused-ring (bicyclic) bond motifs is 2. The highest BCUT2D eigenvalue weighted by Gasteiger charge is 2.53. The lowest BCUT2D eigenvalue weighted by molar-refractivity contribution is -0.132. The van der Waals surface area contributed by atoms with Crippen LogP contribution in [0.5, 0.6) is 0 Å². The third-order valence-electron chi connectivity index (χ3n) is 4.96. The Kier molecular flexibility index (Phi) is 3.56. The molecule has 1 aromatic carbocycles. The Balaban J connectivity index is 1.72. The van der Waals surface area contributed by atoms with Gasteiger partial charge in [0.15, 0.2) is 0 Å². The number of aromatic nitrogens is 1. The van der Waals surface area contributed by atoms with Crippen LogP contribution in [-0.2, 0) is 23.3 Å². The van der Waals surface area contributed by atoms with Gasteiger partial charge in [0, 0.05) is 12.4 Å². The number of carbonyl (C=O) groups excluding carboxylic acids is 2. The van der Waals surface area contributed by atoms with Crippen LogP contribution < -0.4 is 5.32 Å². The third kappa shape index (κ3) is 2.28. The van der Waals surface area contributed by atoms with E-state index in [0.29, 0.717) is 6.42 Å². The van der Waals surface area contributed by atoms with Crippen LogP contribution in [0.2, 0.25) is 0 Å². The van der Waals surface area contributed by atoms with Crippen LogP contribution in [0.25, 0.3) is 0 Å². The van der Waals surface area contributed by atoms with E-state index < -0.39 is 5.54 Å². The fraction of sp³-hybridized carbons (Fsp3) is 0.316. The predicted molar refractivity (Wildman–Crippen MR) is 89.0 cm³/mol. The van der Waals surface area contributed by atoms with Gasteiger partial charge in [0.25, 0.3) is 5.91 Å². The summed E-state index contributed by atoms with van der Waals surface area (Å²) >= 11 is 0. The number of urea groups is 1. The minimum Gasteiger partial charge on any atom is -0.319 e. The quantitative estimate of drug-likeness (QED) is 0.865. The van der Waals surface area contributed by atoms with Crippen molar-refractivity contribution in [3.63, 3.8) is 0 Å². The molecular weight excluding hydrogens is 302 g/mol. The van der Waals surface area contributed by atoms with E-state index in [2.05, 4.69) is 16.4 Å². The fourth-order valence-corrected chi connectivity index (χ4v) is 3.79. The Morgan fingerprint density at radius 3 is 2.83 bits per heavy atom. The van der Waals surface area contributed by atoms with Crippen LogP contribution in [0.1, 0.15) is 36.0 Å². The molecule has 5 nitrogen and oxygen atoms in total. The van der Waals surface area contributed by atoms with E-state index in [4.69, 9.17) is 0 Å². The van der Waals surface area contributed by atoms with Gasteiger partial charge >= 0.3 is 6.03 Å². The number of rotatable bonds is 2. The van der Waals surface area contributed by atoms with E-state index in [1.54, 1.807) is 12.4 Å². The van der Waals surface area contributed by atoms with Crippen LogP contribution in [0, 0.1) is 0 Å². The van der Waals surface area contributed by atoms with Crippen molar-refractivity contribution in [3.05, 3.63) is 65.5 Å². The standard InChI is InChI=1S/C19H19N3O2/c23-17-19(10-4-3-8-15-7-1-2-9-16(15)19)21-18(24)22(17)13-14-6-5-11-20-12-14/h1-2,5-7,9,11-12H,3-4,8,10,13H2,(H,21,24)/t19-/m0/s1. The molecule has 1 spiro atoms. The summed E-state index contributed by atoms with van der Waals surface area (Å²) in [5.41, 5.74) is 2.05. The van der Waals surface area contributed by atoms with Crippen molar-refractivity contribution in [2.24, 2.45) is 0 Å². The zero-order valence-electron chi connectivity index (χ0n) is 13.4. The number of aryl methyl sites for hydroxylation is 1. The lowest BCUT2D eigenvalue weighted by Crippen LogP contribution is -2.44. The largest absolute Gasteiger partial charge is 0.325 e. The van der Waals surface area contributed by atoms with Gasteiger partial charge < -0.3 is 5.32 Å². The van der Waals surface area contributed by atoms with E-state index in [0.717, 1.165) is 36.0 Å². The number of pyridine rings is 1. The van der Waals surface area contributed by atoms with Crippen molar-refractivity contribution in [1.29, 1.82) is 0 Å². The van der Waals surface area contributed by atoms with Crippen LogP contribution in [-0.4, -0.2) is 21.8 Å². The summed E-state index contributed by atoms with van der Waals surface area (Å²) in [6.45, 7) is 0.252. The summed E-state index contributed by atoms with van der Waals surface area (Å²) in [5, 5.41) is 3.00. The van der Waals surface area contributed by atoms with Gasteiger partial charge in [0.2, 0.25) is 0 Å². The van der Waals surface area contributed by atoms with Crippen molar-refractivity contribution in [2.75, 3.05) is 0 Å². The SMILES string of the molecule is O=C1N[C@]2(CCCCc3ccccc32)C(=O)N1Cc1cccnc1. The third-order valence-corrected chi connectivity index (χ3v) is 4.96. The molecule has 122 valence electrons. The van der Waals surface area contributed by atoms with Crippen molar-refractivity contribution >= 4 is 11.9 Å². The second-order valence-corrected chi connectivity index (χ2v) is 6.45. The lowest BCUT2D eigenvalue weighted by atomic mass is 9.84. The maximum Gasteiger partial charge on any atom is 0.325 e. The highest BCUT2D eigenvalue weighted by atomic mass is 16.2. The number of amides is 3. The Labute approximate surface area is 140 Å². The second kappa shape index (κ2) is 5.74. The number of hydrogen-bond acceptors (Lipinski definition) is 3. The Bertz CT molecular complexity index is 790. The van der Waals surface area contributed by atoms with Crippen molar-refractivity contribution in [2.45, 2.75) is 37.8 Å². The molecule has 1 aromatic heterocycles. The molecule has 24 heavy (non-hydrogen) atoms. The second-order valence-electron chi connectivity index (χ2n) is 6.45. The monoisotopic (exact) mass is 321 g/mol. The number of nitrogens with zero attached hydrogens (tertiary/aromatic N) is 2. The molecule has 1 aliphatic carbocycles. The minimum absolute atomic E-state index is 0.147. The summed E-state index contributed by atoms with van der Waals surface area (Å²) in [4.78, 5) is 31.2. The van der Waals surface area contributed by atoms with E-state index in [1.165, 1.54) is 4.90 Å². The number of hydrogen-bond donors (Lipinski definition) is 1. The number of nitrogens with one attached hydrogen (secondary N) is 1. The van der Waals surface area contributed by atoms with Gasteiger partial charge in [-0.2, -0.15) is 0 Å². The summed E-state index contributed by atoms with van der Waals surface area (Å²) in [5.74, 6) is -0.147. The smallest absolute Gasteiger partial charge is 0.319 e. The van der Waals surface area contributed by atoms with Crippen molar-refractivity contribution in [3.8, 4) is 0 Å². The first kappa shape index (κ1) is 14.9. The summed E-state index contributed by atoms with van der Waals surface area (Å²) in [6.07, 6.45) is 6.92. The number of imide groups is 1. The topological polar surface area (TPSA) is 62.3 Å². The normalized spacial score (nSPS) is 23.1. The minimum atomic E-state index is -0.910. The number of benzene rings is 1. The molecule has 0 bridgehead atoms. The molecule has 0 radical (unpaired) electrons. The van der Waals surface area contributed by atoms with Gasteiger partial charge in [-0.15, -0.1) is 0 Å². The average molecular weight is 321 g/mol. The summed E-state index contributed by atoms with van der Waals surface area (Å²) in [6, 6.07) is 11.3. The average Bonchev–Trinajstić information content (AvgIpc) is 2.76. The fourth-order valence-electron chi connectivity index (χ4n) is 3.79. The first-order valence-electron chi connectivity index (χ1n) is 8.32. The highest BCUT2D eigenvalue weighted by molar-refractivity contribution is 6.07. The van der Waals surface area contributed by atoms with Crippen molar-refractivity contribution < 1.29 is 9.59 Å². The Morgan fingerprint density at radius 1 is 1.12 bits per heavy atom. The van der Waals surface area contributed by atoms with Crippen LogP contribution in [0.3, 0.4) is 0 Å². The van der Waals surface area contributed by atoms with Crippen LogP contribution in [0.15, 0.2) is 48.8 Å². The van der Waals surface area contributed by atoms with Gasteiger partial charge in [0.1, 0.15) is 5.54 Å². The zero-order chi connectivity index (χ0) is 16.6. The molecule has 5 heteroatoms. The lowest BCUT2D eigenvalue weighted by Gasteiger charge is -2.27. The predicted octanol–water partition coefficient (Wildman–Crippen LogP) is 2.76. The first-order valence-corrected chi connectivity index (χ1v) is 8.32. The van der Waals surface area contributed by atoms with E-state index in [9.17, 15) is 9.59 Å². The molecule has 1 N–H and O–H groups in total. The van der Waals surface area contributed by atoms with Crippen molar-refractivity contribution in [1.82, 2.24) is 15.2 Å². The van der Waals surface area contributed by atoms with Gasteiger partial charge in [-0.3, -0.25) is 14.7 Å². The molecule has 1 atom stereocenters. The van der Waals surface area contributed by atoms with Gasteiger partial charge in [-0.25, -0.2) is 4.79 Å². The molecule has 2 heterocycles. The first-order chi connectivity index (χ1) is 11.7. The molecule has 1 saturated heterocycles. The van der Waals surface area contributed by atoms with E-state index >= 15 is 0 Å². The molecule has 1 aliphatic heterocycles. The highest BCUT2D eigenvalue weighted by Crippen LogP contribution is 2.39. The van der Waals surface area contributed by atoms with E-state index in [1.807, 2.05) is 30.3 Å². The molecule has 2 aliphatic rings. The van der Waals surface area contributed by atoms with E-state index in [-0.39, 0.29) is 18.5 Å². The number of carbonyl (C=O) groups is 2. The maximum absolute atomic E-state index is 13.2. The Hall–Kier alpha value is -2.69. The molecule has 0 saturated carbocycles. The van der Waals surface area contributed by atoms with Crippen LogP contribution in [0.4, 0.5) is 4.79 Å². The van der Waals surface area contributed by atoms with Crippen LogP contribution >= 0.6 is 0 Å². The zero-order valence-corrected chi connectivity index (χ0v) is 13.4. The maximum atomic E-state index is 13.2. The summed E-state index contributed by atoms with van der Waals surface area (Å²) in [7, 11) is 0. The molecule has 3 amide bonds. The van der Waals surface area contributed by atoms with Gasteiger partial charge in [-0.1, -0.05) is 30.3 Å². The Morgan fingerprint density at radius 2 is 2.00 bits per heavy atom. The molecule has 1 fully saturated rings. The molecule has 4 rings (SSSR count).